The first-order chi connectivity index (χ1) is 6.93. The third kappa shape index (κ3) is 2.86. The molecule has 0 atom stereocenters. The first kappa shape index (κ1) is 14.2. The summed E-state index contributed by atoms with van der Waals surface area (Å²) in [6, 6.07) is 2.81. The van der Waals surface area contributed by atoms with Crippen molar-refractivity contribution in [1.29, 1.82) is 0 Å². The van der Waals surface area contributed by atoms with Crippen molar-refractivity contribution in [2.75, 3.05) is 0 Å². The first-order valence-electron chi connectivity index (χ1n) is 3.77. The van der Waals surface area contributed by atoms with E-state index in [0.29, 0.717) is 0 Å². The Hall–Kier alpha value is -1.77. The Bertz CT molecular complexity index is 459. The van der Waals surface area contributed by atoms with Gasteiger partial charge in [0, 0.05) is 0 Å². The van der Waals surface area contributed by atoms with E-state index >= 15 is 0 Å². The summed E-state index contributed by atoms with van der Waals surface area (Å²) in [6.45, 7) is 0. The van der Waals surface area contributed by atoms with Crippen LogP contribution in [0.5, 0.6) is 0 Å². The number of hydrogen-bond donors (Lipinski definition) is 3. The molecule has 0 spiro atoms. The Morgan fingerprint density at radius 2 is 1.38 bits per heavy atom. The molecule has 0 aliphatic rings. The van der Waals surface area contributed by atoms with Gasteiger partial charge in [-0.05, 0) is 18.2 Å². The molecular formula is C9H7LiO6. The molecule has 0 aliphatic heterocycles. The summed E-state index contributed by atoms with van der Waals surface area (Å²) in [5.41, 5.74) is -1.24. The molecule has 3 N–H and O–H groups in total. The zero-order valence-corrected chi connectivity index (χ0v) is 8.30. The van der Waals surface area contributed by atoms with Crippen LogP contribution in [0, 0.1) is 0 Å². The maximum absolute atomic E-state index is 10.6. The van der Waals surface area contributed by atoms with E-state index < -0.39 is 29.0 Å². The third-order valence-electron chi connectivity index (χ3n) is 1.73. The van der Waals surface area contributed by atoms with Gasteiger partial charge in [0.05, 0.1) is 16.7 Å². The molecule has 1 aromatic rings. The molecule has 80 valence electrons. The molecule has 0 bridgehead atoms. The second kappa shape index (κ2) is 5.35. The van der Waals surface area contributed by atoms with Crippen LogP contribution in [0.2, 0.25) is 0 Å². The van der Waals surface area contributed by atoms with E-state index in [1.807, 2.05) is 0 Å². The number of carbonyl (C=O) groups is 3. The van der Waals surface area contributed by atoms with Crippen LogP contribution in [0.3, 0.4) is 0 Å². The Morgan fingerprint density at radius 3 is 1.75 bits per heavy atom. The number of benzene rings is 1. The predicted molar refractivity (Wildman–Crippen MR) is 48.4 cm³/mol. The molecule has 0 unspecified atom stereocenters. The first-order valence-corrected chi connectivity index (χ1v) is 3.77. The minimum Gasteiger partial charge on any atom is -1.00 e. The maximum atomic E-state index is 10.6. The van der Waals surface area contributed by atoms with Gasteiger partial charge < -0.3 is 16.7 Å². The molecule has 0 saturated carbocycles. The quantitative estimate of drug-likeness (QED) is 0.501. The van der Waals surface area contributed by atoms with Gasteiger partial charge in [-0.15, -0.1) is 0 Å². The third-order valence-corrected chi connectivity index (χ3v) is 1.73. The van der Waals surface area contributed by atoms with E-state index in [1.54, 1.807) is 0 Å². The van der Waals surface area contributed by atoms with Crippen molar-refractivity contribution in [1.82, 2.24) is 0 Å². The molecule has 0 heterocycles. The Labute approximate surface area is 103 Å². The zero-order chi connectivity index (χ0) is 11.6. The van der Waals surface area contributed by atoms with Crippen molar-refractivity contribution < 1.29 is 50.0 Å². The Balaban J connectivity index is 0. The molecule has 16 heavy (non-hydrogen) atoms. The molecular weight excluding hydrogens is 211 g/mol. The van der Waals surface area contributed by atoms with Crippen LogP contribution >= 0.6 is 0 Å². The van der Waals surface area contributed by atoms with Crippen LogP contribution in [-0.2, 0) is 0 Å². The molecule has 0 aromatic heterocycles. The van der Waals surface area contributed by atoms with E-state index in [-0.39, 0.29) is 25.9 Å². The van der Waals surface area contributed by atoms with Gasteiger partial charge in [0.2, 0.25) is 0 Å². The number of hydrogen-bond acceptors (Lipinski definition) is 3. The average molecular weight is 218 g/mol. The molecule has 6 nitrogen and oxygen atoms in total. The summed E-state index contributed by atoms with van der Waals surface area (Å²) >= 11 is 0. The summed E-state index contributed by atoms with van der Waals surface area (Å²) < 4.78 is 0. The Kier molecular flexibility index (Phi) is 4.76. The number of aromatic carboxylic acids is 3. The average Bonchev–Trinajstić information content (AvgIpc) is 2.16. The minimum atomic E-state index is -1.48. The summed E-state index contributed by atoms with van der Waals surface area (Å²) in [5, 5.41) is 25.9. The topological polar surface area (TPSA) is 112 Å². The van der Waals surface area contributed by atoms with Crippen LogP contribution in [0.25, 0.3) is 0 Å². The van der Waals surface area contributed by atoms with Crippen LogP contribution < -0.4 is 18.9 Å². The van der Waals surface area contributed by atoms with E-state index in [2.05, 4.69) is 0 Å². The van der Waals surface area contributed by atoms with Gasteiger partial charge in [-0.25, -0.2) is 14.4 Å². The molecule has 0 fully saturated rings. The molecule has 0 radical (unpaired) electrons. The van der Waals surface area contributed by atoms with Crippen molar-refractivity contribution in [2.45, 2.75) is 0 Å². The van der Waals surface area contributed by atoms with Crippen LogP contribution in [0.1, 0.15) is 32.5 Å². The summed E-state index contributed by atoms with van der Waals surface area (Å²) in [7, 11) is 0. The second-order valence-corrected chi connectivity index (χ2v) is 2.68. The monoisotopic (exact) mass is 218 g/mol. The smallest absolute Gasteiger partial charge is 1.00 e. The van der Waals surface area contributed by atoms with Crippen molar-refractivity contribution >= 4 is 17.9 Å². The largest absolute Gasteiger partial charge is 1.00 e. The van der Waals surface area contributed by atoms with Crippen molar-refractivity contribution in [3.8, 4) is 0 Å². The SMILES string of the molecule is O=C(O)c1ccc(C(=O)O)c(C(=O)O)c1.[H-].[Li+]. The van der Waals surface area contributed by atoms with Crippen molar-refractivity contribution in [3.63, 3.8) is 0 Å². The predicted octanol–water partition coefficient (Wildman–Crippen LogP) is -2.10. The fourth-order valence-electron chi connectivity index (χ4n) is 1.04. The number of carboxylic acids is 3. The van der Waals surface area contributed by atoms with E-state index in [1.165, 1.54) is 0 Å². The van der Waals surface area contributed by atoms with Crippen molar-refractivity contribution in [2.24, 2.45) is 0 Å². The molecule has 0 amide bonds. The summed E-state index contributed by atoms with van der Waals surface area (Å²) in [5.74, 6) is -4.20. The Morgan fingerprint density at radius 1 is 0.875 bits per heavy atom. The zero-order valence-electron chi connectivity index (χ0n) is 9.30. The van der Waals surface area contributed by atoms with Crippen LogP contribution in [0.4, 0.5) is 0 Å². The van der Waals surface area contributed by atoms with Gasteiger partial charge in [-0.2, -0.15) is 0 Å². The van der Waals surface area contributed by atoms with Gasteiger partial charge in [0.1, 0.15) is 0 Å². The van der Waals surface area contributed by atoms with E-state index in [0.717, 1.165) is 18.2 Å². The summed E-state index contributed by atoms with van der Waals surface area (Å²) in [4.78, 5) is 31.8. The van der Waals surface area contributed by atoms with Gasteiger partial charge in [-0.3, -0.25) is 0 Å². The fourth-order valence-corrected chi connectivity index (χ4v) is 1.04. The van der Waals surface area contributed by atoms with E-state index in [9.17, 15) is 14.4 Å². The maximum Gasteiger partial charge on any atom is 1.00 e. The summed E-state index contributed by atoms with van der Waals surface area (Å²) in [6.07, 6.45) is 0. The normalized spacial score (nSPS) is 9.00. The van der Waals surface area contributed by atoms with Crippen LogP contribution in [0.15, 0.2) is 18.2 Å². The van der Waals surface area contributed by atoms with Gasteiger partial charge in [0.25, 0.3) is 0 Å². The second-order valence-electron chi connectivity index (χ2n) is 2.68. The molecule has 1 aromatic carbocycles. The molecule has 7 heteroatoms. The number of carboxylic acid groups (broad SMARTS) is 3. The van der Waals surface area contributed by atoms with Gasteiger partial charge in [-0.1, -0.05) is 0 Å². The number of rotatable bonds is 3. The van der Waals surface area contributed by atoms with E-state index in [4.69, 9.17) is 15.3 Å². The minimum absolute atomic E-state index is 0. The van der Waals surface area contributed by atoms with Gasteiger partial charge in [0.15, 0.2) is 0 Å². The standard InChI is InChI=1S/C9H6O6.Li.H/c10-7(11)4-1-2-5(8(12)13)6(3-4)9(14)15;;/h1-3H,(H,10,11)(H,12,13)(H,14,15);;/q;+1;-1. The fraction of sp³-hybridized carbons (Fsp3) is 0. The molecule has 1 rings (SSSR count). The van der Waals surface area contributed by atoms with Gasteiger partial charge >= 0.3 is 36.8 Å². The van der Waals surface area contributed by atoms with Crippen molar-refractivity contribution in [3.05, 3.63) is 34.9 Å². The molecule has 0 saturated heterocycles. The molecule has 0 aliphatic carbocycles. The van der Waals surface area contributed by atoms with Crippen LogP contribution in [-0.4, -0.2) is 33.2 Å².